The van der Waals surface area contributed by atoms with E-state index in [1.165, 1.54) is 263 Å². The van der Waals surface area contributed by atoms with Crippen LogP contribution in [0.25, 0.3) is 0 Å². The highest BCUT2D eigenvalue weighted by atomic mass is 16.5. The summed E-state index contributed by atoms with van der Waals surface area (Å²) in [4.78, 5) is 24.5. The van der Waals surface area contributed by atoms with E-state index in [1.807, 2.05) is 0 Å². The minimum atomic E-state index is -0.667. The number of amides is 1. The quantitative estimate of drug-likeness (QED) is 0.0320. The van der Waals surface area contributed by atoms with Crippen LogP contribution in [0.1, 0.15) is 348 Å². The van der Waals surface area contributed by atoms with E-state index in [0.717, 1.165) is 51.4 Å². The smallest absolute Gasteiger partial charge is 0.305 e. The van der Waals surface area contributed by atoms with Gasteiger partial charge in [0.2, 0.25) is 5.91 Å². The summed E-state index contributed by atoms with van der Waals surface area (Å²) in [6, 6.07) is -0.545. The predicted molar refractivity (Wildman–Crippen MR) is 315 cm³/mol. The third-order valence-corrected chi connectivity index (χ3v) is 14.9. The van der Waals surface area contributed by atoms with Crippen LogP contribution in [0.3, 0.4) is 0 Å². The van der Waals surface area contributed by atoms with Crippen molar-refractivity contribution in [1.82, 2.24) is 5.32 Å². The maximum atomic E-state index is 12.5. The number of hydrogen-bond donors (Lipinski definition) is 3. The third kappa shape index (κ3) is 57.4. The maximum Gasteiger partial charge on any atom is 0.305 e. The Bertz CT molecular complexity index is 1170. The Hall–Kier alpha value is -1.92. The lowest BCUT2D eigenvalue weighted by Crippen LogP contribution is -2.45. The molecular formula is C66H125NO5. The molecule has 2 atom stereocenters. The van der Waals surface area contributed by atoms with Gasteiger partial charge in [0.05, 0.1) is 25.4 Å². The molecule has 6 heteroatoms. The number of unbranched alkanes of at least 4 members (excludes halogenated alkanes) is 43. The number of aliphatic hydroxyl groups excluding tert-OH is 2. The van der Waals surface area contributed by atoms with Crippen molar-refractivity contribution in [1.29, 1.82) is 0 Å². The van der Waals surface area contributed by atoms with Crippen molar-refractivity contribution >= 4 is 11.9 Å². The number of allylic oxidation sites excluding steroid dienone is 6. The molecule has 3 N–H and O–H groups in total. The molecule has 72 heavy (non-hydrogen) atoms. The molecule has 424 valence electrons. The molecule has 0 bridgehead atoms. The summed E-state index contributed by atoms with van der Waals surface area (Å²) in [6.07, 6.45) is 77.4. The predicted octanol–water partition coefficient (Wildman–Crippen LogP) is 20.4. The molecule has 0 rings (SSSR count). The van der Waals surface area contributed by atoms with Crippen molar-refractivity contribution in [3.63, 3.8) is 0 Å². The average molecular weight is 1010 g/mol. The van der Waals surface area contributed by atoms with Crippen LogP contribution in [0.2, 0.25) is 0 Å². The summed E-state index contributed by atoms with van der Waals surface area (Å²) in [5.74, 6) is -0.0347. The number of carbonyl (C=O) groups is 2. The van der Waals surface area contributed by atoms with Crippen LogP contribution in [-0.2, 0) is 14.3 Å². The van der Waals surface area contributed by atoms with E-state index in [2.05, 4.69) is 55.6 Å². The lowest BCUT2D eigenvalue weighted by atomic mass is 10.0. The van der Waals surface area contributed by atoms with E-state index in [-0.39, 0.29) is 18.5 Å². The zero-order chi connectivity index (χ0) is 52.2. The van der Waals surface area contributed by atoms with Crippen molar-refractivity contribution in [2.75, 3.05) is 13.2 Å². The summed E-state index contributed by atoms with van der Waals surface area (Å²) in [7, 11) is 0. The molecule has 0 aromatic heterocycles. The van der Waals surface area contributed by atoms with Gasteiger partial charge in [0.25, 0.3) is 0 Å². The fourth-order valence-corrected chi connectivity index (χ4v) is 9.96. The van der Waals surface area contributed by atoms with E-state index in [4.69, 9.17) is 4.74 Å². The van der Waals surface area contributed by atoms with Crippen molar-refractivity contribution in [2.24, 2.45) is 0 Å². The van der Waals surface area contributed by atoms with Crippen LogP contribution < -0.4 is 5.32 Å². The second kappa shape index (κ2) is 61.6. The van der Waals surface area contributed by atoms with Crippen LogP contribution in [0.5, 0.6) is 0 Å². The van der Waals surface area contributed by atoms with E-state index < -0.39 is 12.1 Å². The Morgan fingerprint density at radius 2 is 0.694 bits per heavy atom. The molecule has 2 unspecified atom stereocenters. The summed E-state index contributed by atoms with van der Waals surface area (Å²) >= 11 is 0. The van der Waals surface area contributed by atoms with Crippen molar-refractivity contribution in [3.05, 3.63) is 36.5 Å². The first-order chi connectivity index (χ1) is 35.5. The zero-order valence-corrected chi connectivity index (χ0v) is 48.4. The molecule has 0 heterocycles. The van der Waals surface area contributed by atoms with Gasteiger partial charge >= 0.3 is 5.97 Å². The average Bonchev–Trinajstić information content (AvgIpc) is 3.38. The first-order valence-electron chi connectivity index (χ1n) is 32.2. The molecule has 0 radical (unpaired) electrons. The van der Waals surface area contributed by atoms with Gasteiger partial charge in [-0.15, -0.1) is 0 Å². The Morgan fingerprint density at radius 1 is 0.389 bits per heavy atom. The number of aliphatic hydroxyl groups is 2. The molecule has 1 amide bonds. The van der Waals surface area contributed by atoms with Crippen molar-refractivity contribution in [2.45, 2.75) is 360 Å². The number of nitrogens with one attached hydrogen (secondary N) is 1. The largest absolute Gasteiger partial charge is 0.466 e. The second-order valence-corrected chi connectivity index (χ2v) is 22.1. The van der Waals surface area contributed by atoms with Crippen LogP contribution in [0.15, 0.2) is 36.5 Å². The molecule has 0 aromatic rings. The van der Waals surface area contributed by atoms with Crippen LogP contribution >= 0.6 is 0 Å². The molecule has 0 saturated heterocycles. The van der Waals surface area contributed by atoms with Gasteiger partial charge < -0.3 is 20.3 Å². The summed E-state index contributed by atoms with van der Waals surface area (Å²) in [6.45, 7) is 4.95. The highest BCUT2D eigenvalue weighted by Gasteiger charge is 2.20. The van der Waals surface area contributed by atoms with Gasteiger partial charge in [-0.1, -0.05) is 288 Å². The van der Waals surface area contributed by atoms with Crippen LogP contribution in [0.4, 0.5) is 0 Å². The summed E-state index contributed by atoms with van der Waals surface area (Å²) in [5.41, 5.74) is 0. The number of carbonyl (C=O) groups excluding carboxylic acids is 2. The molecule has 0 aliphatic carbocycles. The number of hydrogen-bond acceptors (Lipinski definition) is 5. The first kappa shape index (κ1) is 70.1. The number of esters is 1. The Labute approximate surface area is 449 Å². The molecule has 0 spiro atoms. The van der Waals surface area contributed by atoms with Gasteiger partial charge in [0.1, 0.15) is 0 Å². The monoisotopic (exact) mass is 1010 g/mol. The minimum absolute atomic E-state index is 0.00624. The van der Waals surface area contributed by atoms with Crippen LogP contribution in [-0.4, -0.2) is 47.4 Å². The minimum Gasteiger partial charge on any atom is -0.466 e. The Kier molecular flexibility index (Phi) is 60.0. The van der Waals surface area contributed by atoms with E-state index >= 15 is 0 Å². The fourth-order valence-electron chi connectivity index (χ4n) is 9.96. The van der Waals surface area contributed by atoms with Gasteiger partial charge in [-0.3, -0.25) is 9.59 Å². The molecule has 0 fully saturated rings. The van der Waals surface area contributed by atoms with E-state index in [1.54, 1.807) is 0 Å². The molecular weight excluding hydrogens is 887 g/mol. The van der Waals surface area contributed by atoms with Gasteiger partial charge in [-0.25, -0.2) is 0 Å². The van der Waals surface area contributed by atoms with Crippen molar-refractivity contribution < 1.29 is 24.5 Å². The SMILES string of the molecule is CCCCCCCCC/C=C\CCCCCCCCCC(=O)OCCCCCCCCCCC/C=C\C/C=C\CCCCCCCCCCCC(=O)NC(CO)C(O)CCCCCCCCCCCCCC. The van der Waals surface area contributed by atoms with Gasteiger partial charge in [0.15, 0.2) is 0 Å². The van der Waals surface area contributed by atoms with Gasteiger partial charge in [0, 0.05) is 12.8 Å². The Balaban J connectivity index is 3.41. The normalized spacial score (nSPS) is 12.8. The topological polar surface area (TPSA) is 95.9 Å². The van der Waals surface area contributed by atoms with Crippen LogP contribution in [0, 0.1) is 0 Å². The molecule has 0 aliphatic heterocycles. The maximum absolute atomic E-state index is 12.5. The molecule has 0 aliphatic rings. The number of ether oxygens (including phenoxy) is 1. The second-order valence-electron chi connectivity index (χ2n) is 22.1. The number of rotatable bonds is 60. The highest BCUT2D eigenvalue weighted by molar-refractivity contribution is 5.76. The first-order valence-corrected chi connectivity index (χ1v) is 32.2. The standard InChI is InChI=1S/C66H125NO5/c1-3-5-7-9-11-13-15-17-18-19-30-33-36-40-44-48-52-56-60-66(71)72-61-57-53-49-45-41-37-34-31-28-26-24-22-20-21-23-25-27-29-32-35-39-43-47-51-55-59-65(70)67-63(62-68)64(69)58-54-50-46-42-38-16-14-12-10-8-6-4-2/h18-19,21-24,63-64,68-69H,3-17,20,25-62H2,1-2H3,(H,67,70)/b19-18-,23-21-,24-22-. The van der Waals surface area contributed by atoms with E-state index in [9.17, 15) is 19.8 Å². The highest BCUT2D eigenvalue weighted by Crippen LogP contribution is 2.17. The molecule has 6 nitrogen and oxygen atoms in total. The van der Waals surface area contributed by atoms with Crippen molar-refractivity contribution in [3.8, 4) is 0 Å². The Morgan fingerprint density at radius 3 is 1.07 bits per heavy atom. The third-order valence-electron chi connectivity index (χ3n) is 14.9. The lowest BCUT2D eigenvalue weighted by Gasteiger charge is -2.22. The summed E-state index contributed by atoms with van der Waals surface area (Å²) < 4.78 is 5.49. The summed E-state index contributed by atoms with van der Waals surface area (Å²) in [5, 5.41) is 23.2. The van der Waals surface area contributed by atoms with Gasteiger partial charge in [-0.05, 0) is 83.5 Å². The van der Waals surface area contributed by atoms with Gasteiger partial charge in [-0.2, -0.15) is 0 Å². The molecule has 0 aromatic carbocycles. The molecule has 0 saturated carbocycles. The van der Waals surface area contributed by atoms with E-state index in [0.29, 0.717) is 25.9 Å². The zero-order valence-electron chi connectivity index (χ0n) is 48.4. The fraction of sp³-hybridized carbons (Fsp3) is 0.879. The lowest BCUT2D eigenvalue weighted by molar-refractivity contribution is -0.143.